The van der Waals surface area contributed by atoms with Gasteiger partial charge in [0, 0.05) is 25.8 Å². The standard InChI is InChI=1S/C10H14N4O3/c15-9-6-12-8(5-13-9)10(16)14-4-7-3-11-1-2-17-7/h5-7,11H,1-4H2,(H,13,15)(H,14,16). The molecule has 92 valence electrons. The lowest BCUT2D eigenvalue weighted by Crippen LogP contribution is -2.45. The van der Waals surface area contributed by atoms with E-state index in [4.69, 9.17) is 4.74 Å². The van der Waals surface area contributed by atoms with Gasteiger partial charge in [-0.25, -0.2) is 4.98 Å². The summed E-state index contributed by atoms with van der Waals surface area (Å²) in [4.78, 5) is 28.5. The number of amides is 1. The third kappa shape index (κ3) is 3.36. The summed E-state index contributed by atoms with van der Waals surface area (Å²) in [5.41, 5.74) is -0.144. The molecule has 1 aromatic rings. The van der Waals surface area contributed by atoms with E-state index in [1.165, 1.54) is 6.20 Å². The van der Waals surface area contributed by atoms with Gasteiger partial charge < -0.3 is 20.4 Å². The SMILES string of the molecule is O=C(NCC1CNCCO1)c1c[nH]c(=O)cn1. The minimum absolute atomic E-state index is 0.0181. The molecular weight excluding hydrogens is 224 g/mol. The van der Waals surface area contributed by atoms with Crippen LogP contribution in [-0.2, 0) is 4.74 Å². The van der Waals surface area contributed by atoms with Gasteiger partial charge in [0.1, 0.15) is 5.69 Å². The fourth-order valence-electron chi connectivity index (χ4n) is 1.51. The number of carbonyl (C=O) groups excluding carboxylic acids is 1. The molecule has 0 radical (unpaired) electrons. The zero-order valence-electron chi connectivity index (χ0n) is 9.23. The van der Waals surface area contributed by atoms with Crippen molar-refractivity contribution in [1.29, 1.82) is 0 Å². The fraction of sp³-hybridized carbons (Fsp3) is 0.500. The topological polar surface area (TPSA) is 96.1 Å². The van der Waals surface area contributed by atoms with Gasteiger partial charge in [-0.05, 0) is 0 Å². The van der Waals surface area contributed by atoms with E-state index in [-0.39, 0.29) is 23.3 Å². The summed E-state index contributed by atoms with van der Waals surface area (Å²) in [5.74, 6) is -0.324. The molecule has 7 heteroatoms. The monoisotopic (exact) mass is 238 g/mol. The van der Waals surface area contributed by atoms with Crippen molar-refractivity contribution in [2.75, 3.05) is 26.2 Å². The van der Waals surface area contributed by atoms with Crippen LogP contribution in [0.25, 0.3) is 0 Å². The molecule has 1 atom stereocenters. The van der Waals surface area contributed by atoms with Crippen LogP contribution in [0, 0.1) is 0 Å². The highest BCUT2D eigenvalue weighted by Gasteiger charge is 2.15. The van der Waals surface area contributed by atoms with Gasteiger partial charge in [-0.3, -0.25) is 9.59 Å². The van der Waals surface area contributed by atoms with Crippen molar-refractivity contribution in [2.45, 2.75) is 6.10 Å². The summed E-state index contributed by atoms with van der Waals surface area (Å²) >= 11 is 0. The predicted molar refractivity (Wildman–Crippen MR) is 59.8 cm³/mol. The Labute approximate surface area is 97.6 Å². The van der Waals surface area contributed by atoms with Crippen LogP contribution in [0.3, 0.4) is 0 Å². The van der Waals surface area contributed by atoms with Gasteiger partial charge in [-0.1, -0.05) is 0 Å². The van der Waals surface area contributed by atoms with E-state index < -0.39 is 0 Å². The Balaban J connectivity index is 1.84. The molecule has 7 nitrogen and oxygen atoms in total. The molecule has 2 heterocycles. The molecule has 1 unspecified atom stereocenters. The van der Waals surface area contributed by atoms with Gasteiger partial charge in [0.15, 0.2) is 0 Å². The highest BCUT2D eigenvalue weighted by atomic mass is 16.5. The van der Waals surface area contributed by atoms with E-state index in [1.54, 1.807) is 0 Å². The van der Waals surface area contributed by atoms with Crippen LogP contribution >= 0.6 is 0 Å². The number of nitrogens with zero attached hydrogens (tertiary/aromatic N) is 1. The number of H-pyrrole nitrogens is 1. The predicted octanol–water partition coefficient (Wildman–Crippen LogP) is -1.51. The van der Waals surface area contributed by atoms with Gasteiger partial charge in [-0.2, -0.15) is 0 Å². The first kappa shape index (κ1) is 11.7. The number of aromatic amines is 1. The molecule has 1 saturated heterocycles. The van der Waals surface area contributed by atoms with Crippen molar-refractivity contribution >= 4 is 5.91 Å². The molecule has 0 aliphatic carbocycles. The fourth-order valence-corrected chi connectivity index (χ4v) is 1.51. The number of nitrogens with one attached hydrogen (secondary N) is 3. The Kier molecular flexibility index (Phi) is 3.84. The first-order chi connectivity index (χ1) is 8.25. The highest BCUT2D eigenvalue weighted by Crippen LogP contribution is 1.95. The molecule has 0 saturated carbocycles. The Morgan fingerprint density at radius 3 is 3.18 bits per heavy atom. The summed E-state index contributed by atoms with van der Waals surface area (Å²) in [6, 6.07) is 0. The van der Waals surface area contributed by atoms with Gasteiger partial charge in [0.25, 0.3) is 11.5 Å². The molecule has 3 N–H and O–H groups in total. The Morgan fingerprint density at radius 2 is 2.53 bits per heavy atom. The van der Waals surface area contributed by atoms with Gasteiger partial charge in [0.05, 0.1) is 18.9 Å². The van der Waals surface area contributed by atoms with Gasteiger partial charge in [-0.15, -0.1) is 0 Å². The van der Waals surface area contributed by atoms with Crippen LogP contribution < -0.4 is 16.2 Å². The van der Waals surface area contributed by atoms with Crippen molar-refractivity contribution in [3.63, 3.8) is 0 Å². The van der Waals surface area contributed by atoms with E-state index in [0.29, 0.717) is 13.2 Å². The molecule has 0 bridgehead atoms. The van der Waals surface area contributed by atoms with Crippen molar-refractivity contribution in [3.05, 3.63) is 28.4 Å². The molecule has 17 heavy (non-hydrogen) atoms. The lowest BCUT2D eigenvalue weighted by molar-refractivity contribution is 0.0286. The first-order valence-electron chi connectivity index (χ1n) is 5.41. The molecule has 2 rings (SSSR count). The summed E-state index contributed by atoms with van der Waals surface area (Å²) in [6.45, 7) is 2.63. The van der Waals surface area contributed by atoms with Crippen LogP contribution in [0.5, 0.6) is 0 Å². The number of ether oxygens (including phenoxy) is 1. The molecule has 1 fully saturated rings. The second-order valence-electron chi connectivity index (χ2n) is 3.70. The number of hydrogen-bond donors (Lipinski definition) is 3. The lowest BCUT2D eigenvalue weighted by Gasteiger charge is -2.23. The molecule has 0 spiro atoms. The van der Waals surface area contributed by atoms with E-state index in [0.717, 1.165) is 19.3 Å². The minimum Gasteiger partial charge on any atom is -0.374 e. The molecule has 1 amide bonds. The van der Waals surface area contributed by atoms with Crippen LogP contribution in [0.1, 0.15) is 10.5 Å². The van der Waals surface area contributed by atoms with E-state index in [1.807, 2.05) is 0 Å². The molecule has 0 aromatic carbocycles. The van der Waals surface area contributed by atoms with Crippen molar-refractivity contribution in [1.82, 2.24) is 20.6 Å². The highest BCUT2D eigenvalue weighted by molar-refractivity contribution is 5.91. The van der Waals surface area contributed by atoms with Crippen molar-refractivity contribution in [2.24, 2.45) is 0 Å². The first-order valence-corrected chi connectivity index (χ1v) is 5.41. The number of hydrogen-bond acceptors (Lipinski definition) is 5. The van der Waals surface area contributed by atoms with E-state index in [2.05, 4.69) is 20.6 Å². The molecule has 1 aromatic heterocycles. The summed E-state index contributed by atoms with van der Waals surface area (Å²) in [7, 11) is 0. The quantitative estimate of drug-likeness (QED) is 0.595. The van der Waals surface area contributed by atoms with E-state index in [9.17, 15) is 9.59 Å². The minimum atomic E-state index is -0.332. The Bertz CT molecular complexity index is 419. The van der Waals surface area contributed by atoms with Gasteiger partial charge in [0.2, 0.25) is 0 Å². The number of aromatic nitrogens is 2. The molecular formula is C10H14N4O3. The average Bonchev–Trinajstić information content (AvgIpc) is 2.38. The zero-order valence-corrected chi connectivity index (χ0v) is 9.23. The maximum absolute atomic E-state index is 11.6. The number of rotatable bonds is 3. The Morgan fingerprint density at radius 1 is 1.65 bits per heavy atom. The van der Waals surface area contributed by atoms with Crippen LogP contribution in [-0.4, -0.2) is 48.2 Å². The van der Waals surface area contributed by atoms with Crippen molar-refractivity contribution in [3.8, 4) is 0 Å². The smallest absolute Gasteiger partial charge is 0.271 e. The summed E-state index contributed by atoms with van der Waals surface area (Å²) in [6.07, 6.45) is 2.35. The maximum atomic E-state index is 11.6. The van der Waals surface area contributed by atoms with Crippen LogP contribution in [0.2, 0.25) is 0 Å². The van der Waals surface area contributed by atoms with E-state index >= 15 is 0 Å². The van der Waals surface area contributed by atoms with Crippen molar-refractivity contribution < 1.29 is 9.53 Å². The normalized spacial score (nSPS) is 19.9. The second kappa shape index (κ2) is 5.55. The third-order valence-corrected chi connectivity index (χ3v) is 2.40. The second-order valence-corrected chi connectivity index (χ2v) is 3.70. The van der Waals surface area contributed by atoms with Crippen LogP contribution in [0.4, 0.5) is 0 Å². The lowest BCUT2D eigenvalue weighted by atomic mass is 10.3. The Hall–Kier alpha value is -1.73. The average molecular weight is 238 g/mol. The summed E-state index contributed by atoms with van der Waals surface area (Å²) < 4.78 is 5.43. The number of morpholine rings is 1. The zero-order chi connectivity index (χ0) is 12.1. The summed E-state index contributed by atoms with van der Waals surface area (Å²) in [5, 5.41) is 5.87. The number of carbonyl (C=O) groups is 1. The third-order valence-electron chi connectivity index (χ3n) is 2.40. The van der Waals surface area contributed by atoms with Crippen LogP contribution in [0.15, 0.2) is 17.2 Å². The molecule has 1 aliphatic heterocycles. The largest absolute Gasteiger partial charge is 0.374 e. The van der Waals surface area contributed by atoms with Gasteiger partial charge >= 0.3 is 0 Å². The maximum Gasteiger partial charge on any atom is 0.271 e. The molecule has 1 aliphatic rings.